The number of morpholine rings is 1. The molecule has 10 nitrogen and oxygen atoms in total. The molecule has 1 fully saturated rings. The maximum atomic E-state index is 12.7. The van der Waals surface area contributed by atoms with Crippen LogP contribution in [0.5, 0.6) is 18.0 Å². The number of carbonyl (C=O) groups is 1. The summed E-state index contributed by atoms with van der Waals surface area (Å²) in [6.07, 6.45) is 6.43. The van der Waals surface area contributed by atoms with Gasteiger partial charge in [-0.25, -0.2) is 0 Å². The summed E-state index contributed by atoms with van der Waals surface area (Å²) in [7, 11) is 0. The first-order valence-electron chi connectivity index (χ1n) is 9.92. The van der Waals surface area contributed by atoms with Gasteiger partial charge < -0.3 is 23.8 Å². The van der Waals surface area contributed by atoms with Crippen LogP contribution in [0.4, 0.5) is 0 Å². The fraction of sp³-hybridized carbons (Fsp3) is 0.381. The molecule has 1 atom stereocenters. The number of pyridine rings is 1. The monoisotopic (exact) mass is 505 g/mol. The zero-order chi connectivity index (χ0) is 22.8. The molecule has 1 amide bonds. The molecule has 1 saturated heterocycles. The van der Waals surface area contributed by atoms with Crippen molar-refractivity contribution in [2.24, 2.45) is 0 Å². The van der Waals surface area contributed by atoms with Crippen molar-refractivity contribution < 1.29 is 23.7 Å². The largest absolute Gasteiger partial charge is 0.460 e. The first-order valence-corrected chi connectivity index (χ1v) is 10.7. The molecule has 11 heteroatoms. The van der Waals surface area contributed by atoms with Gasteiger partial charge in [-0.2, -0.15) is 0 Å². The molecule has 0 bridgehead atoms. The van der Waals surface area contributed by atoms with Gasteiger partial charge in [0.2, 0.25) is 5.91 Å². The van der Waals surface area contributed by atoms with Gasteiger partial charge in [0.25, 0.3) is 0 Å². The minimum Gasteiger partial charge on any atom is -0.460 e. The number of nitrogens with zero attached hydrogens (tertiary/aromatic N) is 5. The van der Waals surface area contributed by atoms with E-state index in [1.165, 1.54) is 0 Å². The van der Waals surface area contributed by atoms with Crippen LogP contribution in [0.25, 0.3) is 0 Å². The molecule has 3 heterocycles. The average molecular weight is 506 g/mol. The van der Waals surface area contributed by atoms with Crippen LogP contribution in [0.2, 0.25) is 0 Å². The summed E-state index contributed by atoms with van der Waals surface area (Å²) < 4.78 is 23.0. The third-order valence-electron chi connectivity index (χ3n) is 4.24. The van der Waals surface area contributed by atoms with Crippen molar-refractivity contribution in [3.63, 3.8) is 0 Å². The van der Waals surface area contributed by atoms with E-state index in [2.05, 4.69) is 49.0 Å². The predicted molar refractivity (Wildman–Crippen MR) is 119 cm³/mol. The summed E-state index contributed by atoms with van der Waals surface area (Å²) >= 11 is 3.37. The van der Waals surface area contributed by atoms with Crippen molar-refractivity contribution in [1.29, 1.82) is 0 Å². The number of hydrogen-bond acceptors (Lipinski definition) is 9. The number of ether oxygens (including phenoxy) is 4. The Morgan fingerprint density at radius 3 is 2.41 bits per heavy atom. The maximum Gasteiger partial charge on any atom is 0.326 e. The lowest BCUT2D eigenvalue weighted by molar-refractivity contribution is -0.139. The number of hydrogen-bond donors (Lipinski definition) is 0. The van der Waals surface area contributed by atoms with Crippen molar-refractivity contribution in [2.75, 3.05) is 39.5 Å². The molecule has 0 aliphatic carbocycles. The second kappa shape index (κ2) is 12.1. The van der Waals surface area contributed by atoms with Crippen LogP contribution in [0.15, 0.2) is 48.2 Å². The number of halogens is 1. The molecular weight excluding hydrogens is 482 g/mol. The van der Waals surface area contributed by atoms with Gasteiger partial charge in [-0.15, -0.1) is 15.0 Å². The second-order valence-corrected chi connectivity index (χ2v) is 7.63. The van der Waals surface area contributed by atoms with Gasteiger partial charge in [-0.1, -0.05) is 25.3 Å². The Morgan fingerprint density at radius 1 is 1.12 bits per heavy atom. The van der Waals surface area contributed by atoms with E-state index in [0.717, 1.165) is 10.0 Å². The molecule has 2 aromatic rings. The average Bonchev–Trinajstić information content (AvgIpc) is 2.80. The molecule has 3 rings (SSSR count). The molecule has 0 N–H and O–H groups in total. The molecule has 32 heavy (non-hydrogen) atoms. The SMILES string of the molecule is C=CCOc1nc(OCC=C)nc(OCC2CN(C(=O)Cc3cncc(Br)c3)CCO2)n1. The van der Waals surface area contributed by atoms with Crippen LogP contribution < -0.4 is 14.2 Å². The van der Waals surface area contributed by atoms with Gasteiger partial charge >= 0.3 is 18.0 Å². The molecule has 1 unspecified atom stereocenters. The summed E-state index contributed by atoms with van der Waals surface area (Å²) in [5.41, 5.74) is 0.841. The Balaban J connectivity index is 1.57. The zero-order valence-corrected chi connectivity index (χ0v) is 19.1. The first-order chi connectivity index (χ1) is 15.6. The highest BCUT2D eigenvalue weighted by molar-refractivity contribution is 9.10. The third kappa shape index (κ3) is 7.27. The van der Waals surface area contributed by atoms with Gasteiger partial charge in [0, 0.05) is 23.4 Å². The van der Waals surface area contributed by atoms with Gasteiger partial charge in [0.1, 0.15) is 25.9 Å². The van der Waals surface area contributed by atoms with Crippen molar-refractivity contribution >= 4 is 21.8 Å². The molecule has 0 radical (unpaired) electrons. The van der Waals surface area contributed by atoms with E-state index in [-0.39, 0.29) is 56.3 Å². The number of amides is 1. The minimum absolute atomic E-state index is 0.00131. The normalized spacial score (nSPS) is 15.7. The number of aromatic nitrogens is 4. The molecule has 2 aromatic heterocycles. The summed E-state index contributed by atoms with van der Waals surface area (Å²) in [6.45, 7) is 9.10. The lowest BCUT2D eigenvalue weighted by Crippen LogP contribution is -2.48. The van der Waals surface area contributed by atoms with Crippen LogP contribution in [0.3, 0.4) is 0 Å². The number of carbonyl (C=O) groups excluding carboxylic acids is 1. The summed E-state index contributed by atoms with van der Waals surface area (Å²) in [5, 5.41) is 0. The molecule has 1 aliphatic rings. The highest BCUT2D eigenvalue weighted by Crippen LogP contribution is 2.17. The Bertz CT molecular complexity index is 914. The van der Waals surface area contributed by atoms with Gasteiger partial charge in [-0.3, -0.25) is 9.78 Å². The first kappa shape index (κ1) is 23.6. The summed E-state index contributed by atoms with van der Waals surface area (Å²) in [4.78, 5) is 30.8. The fourth-order valence-corrected chi connectivity index (χ4v) is 3.25. The van der Waals surface area contributed by atoms with Gasteiger partial charge in [0.15, 0.2) is 0 Å². The van der Waals surface area contributed by atoms with E-state index < -0.39 is 0 Å². The predicted octanol–water partition coefficient (Wildman–Crippen LogP) is 2.01. The lowest BCUT2D eigenvalue weighted by Gasteiger charge is -2.32. The third-order valence-corrected chi connectivity index (χ3v) is 4.67. The topological polar surface area (TPSA) is 109 Å². The Hall–Kier alpha value is -3.05. The highest BCUT2D eigenvalue weighted by atomic mass is 79.9. The Morgan fingerprint density at radius 2 is 1.78 bits per heavy atom. The Kier molecular flexibility index (Phi) is 8.93. The van der Waals surface area contributed by atoms with Crippen LogP contribution in [-0.4, -0.2) is 76.4 Å². The quantitative estimate of drug-likeness (QED) is 0.423. The van der Waals surface area contributed by atoms with E-state index in [9.17, 15) is 4.79 Å². The molecule has 170 valence electrons. The van der Waals surface area contributed by atoms with Crippen molar-refractivity contribution in [3.05, 3.63) is 53.8 Å². The van der Waals surface area contributed by atoms with Crippen LogP contribution in [0, 0.1) is 0 Å². The van der Waals surface area contributed by atoms with E-state index in [0.29, 0.717) is 19.7 Å². The maximum absolute atomic E-state index is 12.7. The van der Waals surface area contributed by atoms with Crippen molar-refractivity contribution in [2.45, 2.75) is 12.5 Å². The second-order valence-electron chi connectivity index (χ2n) is 6.71. The molecule has 0 aromatic carbocycles. The Labute approximate surface area is 194 Å². The van der Waals surface area contributed by atoms with Crippen molar-refractivity contribution in [3.8, 4) is 18.0 Å². The molecule has 1 aliphatic heterocycles. The van der Waals surface area contributed by atoms with E-state index in [4.69, 9.17) is 18.9 Å². The fourth-order valence-electron chi connectivity index (χ4n) is 2.83. The lowest BCUT2D eigenvalue weighted by atomic mass is 10.2. The smallest absolute Gasteiger partial charge is 0.326 e. The molecular formula is C21H24BrN5O5. The van der Waals surface area contributed by atoms with Crippen LogP contribution >= 0.6 is 15.9 Å². The van der Waals surface area contributed by atoms with Crippen LogP contribution in [0.1, 0.15) is 5.56 Å². The van der Waals surface area contributed by atoms with Gasteiger partial charge in [-0.05, 0) is 27.6 Å². The summed E-state index contributed by atoms with van der Waals surface area (Å²) in [5.74, 6) is -0.00131. The van der Waals surface area contributed by atoms with Crippen molar-refractivity contribution in [1.82, 2.24) is 24.8 Å². The van der Waals surface area contributed by atoms with Crippen LogP contribution in [-0.2, 0) is 16.0 Å². The zero-order valence-electron chi connectivity index (χ0n) is 17.5. The summed E-state index contributed by atoms with van der Waals surface area (Å²) in [6, 6.07) is 2.02. The number of rotatable bonds is 11. The molecule has 0 spiro atoms. The minimum atomic E-state index is -0.333. The van der Waals surface area contributed by atoms with E-state index in [1.54, 1.807) is 29.4 Å². The molecule has 0 saturated carbocycles. The van der Waals surface area contributed by atoms with E-state index in [1.807, 2.05) is 6.07 Å². The van der Waals surface area contributed by atoms with Gasteiger partial charge in [0.05, 0.1) is 19.6 Å². The highest BCUT2D eigenvalue weighted by Gasteiger charge is 2.25. The van der Waals surface area contributed by atoms with E-state index >= 15 is 0 Å². The standard InChI is InChI=1S/C21H24BrN5O5/c1-3-6-30-19-24-20(31-7-4-2)26-21(25-19)32-14-17-13-27(5-8-29-17)18(28)10-15-9-16(22)12-23-11-15/h3-4,9,11-12,17H,1-2,5-8,10,13-14H2.